The second-order valence-corrected chi connectivity index (χ2v) is 5.38. The molecule has 2 aliphatic rings. The molecule has 0 aromatic heterocycles. The summed E-state index contributed by atoms with van der Waals surface area (Å²) in [7, 11) is 0. The Hall–Kier alpha value is -0.400. The van der Waals surface area contributed by atoms with Gasteiger partial charge in [-0.15, -0.1) is 0 Å². The molecule has 0 aromatic rings. The molecule has 8 N–H and O–H groups in total. The van der Waals surface area contributed by atoms with Crippen molar-refractivity contribution in [3.05, 3.63) is 0 Å². The Kier molecular flexibility index (Phi) is 4.85. The van der Waals surface area contributed by atoms with E-state index in [1.807, 2.05) is 0 Å². The zero-order valence-electron chi connectivity index (χ0n) is 10.9. The van der Waals surface area contributed by atoms with Crippen LogP contribution in [0.3, 0.4) is 0 Å². The highest BCUT2D eigenvalue weighted by atomic mass is 16.6. The van der Waals surface area contributed by atoms with Crippen molar-refractivity contribution in [1.82, 2.24) is 0 Å². The standard InChI is InChI=1S/C11H20O10/c12-1-3-8(16)11(19,2-20-3)9(17)7-5(14)4(13)6(15)10(18)21-7/h3-10,12-19H,1-2H2/t3-,4+,5+,6-,7+,8-,9?,10+,11+/m1/s1. The van der Waals surface area contributed by atoms with E-state index in [9.17, 15) is 35.7 Å². The molecular formula is C11H20O10. The van der Waals surface area contributed by atoms with Gasteiger partial charge in [-0.1, -0.05) is 0 Å². The fraction of sp³-hybridized carbons (Fsp3) is 1.00. The summed E-state index contributed by atoms with van der Waals surface area (Å²) in [5.41, 5.74) is -2.28. The molecule has 124 valence electrons. The highest BCUT2D eigenvalue weighted by molar-refractivity contribution is 5.07. The fourth-order valence-corrected chi connectivity index (χ4v) is 2.58. The summed E-state index contributed by atoms with van der Waals surface area (Å²) in [5, 5.41) is 77.4. The van der Waals surface area contributed by atoms with Crippen LogP contribution in [0.15, 0.2) is 0 Å². The van der Waals surface area contributed by atoms with Gasteiger partial charge < -0.3 is 50.3 Å². The molecule has 2 aliphatic heterocycles. The van der Waals surface area contributed by atoms with Crippen LogP contribution in [0.25, 0.3) is 0 Å². The first-order valence-electron chi connectivity index (χ1n) is 6.42. The highest BCUT2D eigenvalue weighted by Crippen LogP contribution is 2.33. The Bertz CT molecular complexity index is 367. The molecule has 0 amide bonds. The van der Waals surface area contributed by atoms with Crippen LogP contribution in [0.4, 0.5) is 0 Å². The van der Waals surface area contributed by atoms with E-state index in [1.54, 1.807) is 0 Å². The van der Waals surface area contributed by atoms with Gasteiger partial charge in [0, 0.05) is 0 Å². The molecule has 10 heteroatoms. The molecule has 2 rings (SSSR count). The molecule has 0 aromatic carbocycles. The lowest BCUT2D eigenvalue weighted by Crippen LogP contribution is -2.67. The van der Waals surface area contributed by atoms with Crippen molar-refractivity contribution in [3.8, 4) is 0 Å². The summed E-state index contributed by atoms with van der Waals surface area (Å²) in [5.74, 6) is 0. The molecule has 0 saturated carbocycles. The Morgan fingerprint density at radius 2 is 1.67 bits per heavy atom. The predicted octanol–water partition coefficient (Wildman–Crippen LogP) is -5.37. The largest absolute Gasteiger partial charge is 0.394 e. The third-order valence-corrected chi connectivity index (χ3v) is 4.02. The second-order valence-electron chi connectivity index (χ2n) is 5.38. The predicted molar refractivity (Wildman–Crippen MR) is 62.7 cm³/mol. The molecule has 21 heavy (non-hydrogen) atoms. The summed E-state index contributed by atoms with van der Waals surface area (Å²) in [6, 6.07) is 0. The van der Waals surface area contributed by atoms with Crippen molar-refractivity contribution in [2.24, 2.45) is 0 Å². The molecule has 2 fully saturated rings. The van der Waals surface area contributed by atoms with Gasteiger partial charge in [0.2, 0.25) is 0 Å². The lowest BCUT2D eigenvalue weighted by atomic mass is 9.83. The van der Waals surface area contributed by atoms with E-state index in [1.165, 1.54) is 0 Å². The third-order valence-electron chi connectivity index (χ3n) is 4.02. The number of aliphatic hydroxyl groups excluding tert-OH is 7. The zero-order chi connectivity index (χ0) is 15.9. The van der Waals surface area contributed by atoms with Gasteiger partial charge in [-0.3, -0.25) is 0 Å². The summed E-state index contributed by atoms with van der Waals surface area (Å²) in [6.45, 7) is -1.16. The van der Waals surface area contributed by atoms with Crippen LogP contribution < -0.4 is 0 Å². The SMILES string of the molecule is OC[C@H]1OC[C@@](O)(C(O)[C@H]2O[C@H](O)[C@H](O)[C@@H](O)[C@@H]2O)[C@@H]1O. The molecule has 0 aliphatic carbocycles. The molecule has 2 saturated heterocycles. The summed E-state index contributed by atoms with van der Waals surface area (Å²) >= 11 is 0. The van der Waals surface area contributed by atoms with Gasteiger partial charge in [0.15, 0.2) is 6.29 Å². The maximum Gasteiger partial charge on any atom is 0.184 e. The first-order valence-corrected chi connectivity index (χ1v) is 6.42. The van der Waals surface area contributed by atoms with E-state index in [2.05, 4.69) is 0 Å². The fourth-order valence-electron chi connectivity index (χ4n) is 2.58. The average molecular weight is 312 g/mol. The first kappa shape index (κ1) is 17.0. The molecule has 1 unspecified atom stereocenters. The maximum atomic E-state index is 10.3. The van der Waals surface area contributed by atoms with Gasteiger partial charge in [0.25, 0.3) is 0 Å². The lowest BCUT2D eigenvalue weighted by molar-refractivity contribution is -0.312. The van der Waals surface area contributed by atoms with E-state index < -0.39 is 67.8 Å². The summed E-state index contributed by atoms with van der Waals surface area (Å²) < 4.78 is 9.72. The van der Waals surface area contributed by atoms with E-state index >= 15 is 0 Å². The van der Waals surface area contributed by atoms with Crippen molar-refractivity contribution in [3.63, 3.8) is 0 Å². The number of hydrogen-bond donors (Lipinski definition) is 8. The quantitative estimate of drug-likeness (QED) is 0.250. The average Bonchev–Trinajstić information content (AvgIpc) is 2.76. The van der Waals surface area contributed by atoms with Gasteiger partial charge >= 0.3 is 0 Å². The normalized spacial score (nSPS) is 52.9. The van der Waals surface area contributed by atoms with Crippen molar-refractivity contribution < 1.29 is 50.3 Å². The second kappa shape index (κ2) is 6.01. The number of aliphatic hydroxyl groups is 8. The lowest BCUT2D eigenvalue weighted by Gasteiger charge is -2.44. The van der Waals surface area contributed by atoms with E-state index in [0.29, 0.717) is 0 Å². The van der Waals surface area contributed by atoms with Gasteiger partial charge in [-0.2, -0.15) is 0 Å². The molecule has 0 radical (unpaired) electrons. The highest BCUT2D eigenvalue weighted by Gasteiger charge is 2.58. The van der Waals surface area contributed by atoms with Crippen LogP contribution in [0, 0.1) is 0 Å². The smallest absolute Gasteiger partial charge is 0.184 e. The van der Waals surface area contributed by atoms with Crippen LogP contribution in [-0.4, -0.2) is 109 Å². The minimum absolute atomic E-state index is 0.554. The maximum absolute atomic E-state index is 10.3. The van der Waals surface area contributed by atoms with Crippen LogP contribution in [-0.2, 0) is 9.47 Å². The van der Waals surface area contributed by atoms with Crippen molar-refractivity contribution in [2.75, 3.05) is 13.2 Å². The van der Waals surface area contributed by atoms with Gasteiger partial charge in [-0.25, -0.2) is 0 Å². The monoisotopic (exact) mass is 312 g/mol. The summed E-state index contributed by atoms with van der Waals surface area (Å²) in [4.78, 5) is 0. The Labute approximate surface area is 119 Å². The van der Waals surface area contributed by atoms with E-state index in [0.717, 1.165) is 0 Å². The molecule has 9 atom stereocenters. The zero-order valence-corrected chi connectivity index (χ0v) is 10.9. The first-order chi connectivity index (χ1) is 9.74. The Balaban J connectivity index is 2.17. The Morgan fingerprint density at radius 3 is 2.19 bits per heavy atom. The van der Waals surface area contributed by atoms with Crippen molar-refractivity contribution in [2.45, 2.75) is 54.6 Å². The molecule has 2 heterocycles. The van der Waals surface area contributed by atoms with Crippen LogP contribution >= 0.6 is 0 Å². The van der Waals surface area contributed by atoms with Crippen molar-refractivity contribution >= 4 is 0 Å². The minimum Gasteiger partial charge on any atom is -0.394 e. The van der Waals surface area contributed by atoms with Crippen LogP contribution in [0.2, 0.25) is 0 Å². The van der Waals surface area contributed by atoms with Gasteiger partial charge in [0.05, 0.1) is 13.2 Å². The van der Waals surface area contributed by atoms with Crippen LogP contribution in [0.5, 0.6) is 0 Å². The third kappa shape index (κ3) is 2.68. The van der Waals surface area contributed by atoms with Crippen LogP contribution in [0.1, 0.15) is 0 Å². The van der Waals surface area contributed by atoms with E-state index in [4.69, 9.17) is 14.6 Å². The topological polar surface area (TPSA) is 180 Å². The minimum atomic E-state index is -2.28. The molecule has 0 bridgehead atoms. The molecule has 10 nitrogen and oxygen atoms in total. The molecular weight excluding hydrogens is 292 g/mol. The van der Waals surface area contributed by atoms with Crippen molar-refractivity contribution in [1.29, 1.82) is 0 Å². The van der Waals surface area contributed by atoms with Gasteiger partial charge in [0.1, 0.15) is 48.3 Å². The number of rotatable bonds is 3. The number of hydrogen-bond acceptors (Lipinski definition) is 10. The van der Waals surface area contributed by atoms with E-state index in [-0.39, 0.29) is 0 Å². The summed E-state index contributed by atoms with van der Waals surface area (Å²) in [6.07, 6.45) is -13.7. The Morgan fingerprint density at radius 1 is 1.05 bits per heavy atom. The molecule has 0 spiro atoms. The number of ether oxygens (including phenoxy) is 2. The van der Waals surface area contributed by atoms with Gasteiger partial charge in [-0.05, 0) is 0 Å².